The van der Waals surface area contributed by atoms with Gasteiger partial charge in [0.05, 0.1) is 22.9 Å². The summed E-state index contributed by atoms with van der Waals surface area (Å²) < 4.78 is 45.5. The first-order valence-electron chi connectivity index (χ1n) is 11.4. The number of amides is 1. The van der Waals surface area contributed by atoms with Crippen molar-refractivity contribution in [2.75, 3.05) is 20.4 Å². The summed E-state index contributed by atoms with van der Waals surface area (Å²) in [5.41, 5.74) is 5.08. The van der Waals surface area contributed by atoms with Gasteiger partial charge in [-0.15, -0.1) is 10.2 Å². The number of nitrogens with zero attached hydrogens (tertiary/aromatic N) is 5. The van der Waals surface area contributed by atoms with Gasteiger partial charge in [-0.3, -0.25) is 4.79 Å². The monoisotopic (exact) mass is 509 g/mol. The van der Waals surface area contributed by atoms with Gasteiger partial charge in [0, 0.05) is 41.4 Å². The van der Waals surface area contributed by atoms with Crippen LogP contribution in [0.2, 0.25) is 0 Å². The van der Waals surface area contributed by atoms with Gasteiger partial charge >= 0.3 is 6.61 Å². The number of ether oxygens (including phenoxy) is 1. The lowest BCUT2D eigenvalue weighted by atomic mass is 9.88. The smallest absolute Gasteiger partial charge is 0.387 e. The lowest BCUT2D eigenvalue weighted by Gasteiger charge is -2.23. The lowest BCUT2D eigenvalue weighted by Crippen LogP contribution is -2.30. The third-order valence-corrected chi connectivity index (χ3v) is 8.31. The molecule has 11 heteroatoms. The minimum Gasteiger partial charge on any atom is -0.434 e. The Morgan fingerprint density at radius 1 is 1.11 bits per heavy atom. The molecule has 2 aliphatic rings. The number of fused-ring (bicyclic) bond motifs is 9. The second-order valence-corrected chi connectivity index (χ2v) is 12.6. The van der Waals surface area contributed by atoms with Gasteiger partial charge in [0.25, 0.3) is 5.91 Å². The van der Waals surface area contributed by atoms with E-state index in [1.54, 1.807) is 60.3 Å². The number of rotatable bonds is 4. The Hall–Kier alpha value is -3.65. The molecule has 1 amide bonds. The van der Waals surface area contributed by atoms with Crippen molar-refractivity contribution in [3.8, 4) is 17.0 Å². The van der Waals surface area contributed by atoms with Crippen LogP contribution in [0.5, 0.6) is 5.75 Å². The van der Waals surface area contributed by atoms with Gasteiger partial charge in [-0.1, -0.05) is 6.07 Å². The Kier molecular flexibility index (Phi) is 5.02. The minimum atomic E-state index is -3.01. The summed E-state index contributed by atoms with van der Waals surface area (Å²) in [6.07, 6.45) is 2.33. The molecule has 0 N–H and O–H groups in total. The van der Waals surface area contributed by atoms with Crippen molar-refractivity contribution >= 4 is 24.0 Å². The summed E-state index contributed by atoms with van der Waals surface area (Å²) in [6, 6.07) is 11.7. The van der Waals surface area contributed by atoms with E-state index in [1.807, 2.05) is 12.1 Å². The molecule has 3 aromatic heterocycles. The van der Waals surface area contributed by atoms with Crippen LogP contribution in [-0.2, 0) is 4.57 Å². The Balaban J connectivity index is 1.53. The number of carbonyl (C=O) groups is 1. The van der Waals surface area contributed by atoms with Crippen molar-refractivity contribution < 1.29 is 22.9 Å². The Labute approximate surface area is 205 Å². The highest BCUT2D eigenvalue weighted by atomic mass is 31.2. The Morgan fingerprint density at radius 2 is 1.92 bits per heavy atom. The summed E-state index contributed by atoms with van der Waals surface area (Å²) in [6.45, 7) is 0.276. The predicted molar refractivity (Wildman–Crippen MR) is 130 cm³/mol. The minimum absolute atomic E-state index is 0.00303. The summed E-state index contributed by atoms with van der Waals surface area (Å²) >= 11 is 0. The number of hydrogen-bond acceptors (Lipinski definition) is 6. The topological polar surface area (TPSA) is 89.7 Å². The van der Waals surface area contributed by atoms with Crippen LogP contribution in [-0.4, -0.2) is 57.6 Å². The normalized spacial score (nSPS) is 18.9. The Bertz CT molecular complexity index is 1580. The highest BCUT2D eigenvalue weighted by molar-refractivity contribution is 7.69. The number of hydrogen-bond donors (Lipinski definition) is 0. The Morgan fingerprint density at radius 3 is 2.61 bits per heavy atom. The molecule has 4 heterocycles. The van der Waals surface area contributed by atoms with Crippen LogP contribution in [0.15, 0.2) is 48.7 Å². The van der Waals surface area contributed by atoms with Gasteiger partial charge in [0.1, 0.15) is 18.3 Å². The summed E-state index contributed by atoms with van der Waals surface area (Å²) in [4.78, 5) is 14.9. The van der Waals surface area contributed by atoms with E-state index >= 15 is 0 Å². The van der Waals surface area contributed by atoms with E-state index in [0.717, 1.165) is 22.3 Å². The molecule has 1 aliphatic carbocycles. The molecule has 1 aliphatic heterocycles. The molecule has 0 unspecified atom stereocenters. The second-order valence-electron chi connectivity index (χ2n) is 9.49. The van der Waals surface area contributed by atoms with E-state index < -0.39 is 13.8 Å². The van der Waals surface area contributed by atoms with Crippen LogP contribution in [0.3, 0.4) is 0 Å². The molecule has 2 atom stereocenters. The van der Waals surface area contributed by atoms with Crippen LogP contribution >= 0.6 is 7.14 Å². The second kappa shape index (κ2) is 7.93. The first-order chi connectivity index (χ1) is 17.1. The number of benzene rings is 1. The predicted octanol–water partition coefficient (Wildman–Crippen LogP) is 4.30. The summed E-state index contributed by atoms with van der Waals surface area (Å²) in [5, 5.41) is 13.2. The van der Waals surface area contributed by atoms with E-state index in [2.05, 4.69) is 10.2 Å². The molecular formula is C25H22F2N5O3P. The van der Waals surface area contributed by atoms with Crippen molar-refractivity contribution in [2.24, 2.45) is 0 Å². The summed E-state index contributed by atoms with van der Waals surface area (Å²) in [5.74, 6) is -0.598. The van der Waals surface area contributed by atoms with Gasteiger partial charge in [0.2, 0.25) is 0 Å². The molecule has 0 saturated heterocycles. The van der Waals surface area contributed by atoms with Crippen LogP contribution in [0, 0.1) is 0 Å². The quantitative estimate of drug-likeness (QED) is 0.381. The van der Waals surface area contributed by atoms with Crippen LogP contribution in [0.1, 0.15) is 45.6 Å². The number of halogens is 2. The molecule has 184 valence electrons. The van der Waals surface area contributed by atoms with E-state index in [4.69, 9.17) is 9.84 Å². The molecule has 0 saturated carbocycles. The number of carbonyl (C=O) groups excluding carboxylic acids is 1. The third kappa shape index (κ3) is 3.43. The molecule has 1 aromatic carbocycles. The van der Waals surface area contributed by atoms with Crippen LogP contribution in [0.4, 0.5) is 8.78 Å². The molecule has 2 bridgehead atoms. The summed E-state index contributed by atoms with van der Waals surface area (Å²) in [7, 11) is -0.818. The lowest BCUT2D eigenvalue weighted by molar-refractivity contribution is -0.0505. The van der Waals surface area contributed by atoms with Crippen LogP contribution in [0.25, 0.3) is 16.8 Å². The van der Waals surface area contributed by atoms with E-state index in [1.165, 1.54) is 6.07 Å². The molecule has 0 radical (unpaired) electrons. The third-order valence-electron chi connectivity index (χ3n) is 6.97. The maximum Gasteiger partial charge on any atom is 0.387 e. The molecule has 0 spiro atoms. The van der Waals surface area contributed by atoms with Gasteiger partial charge in [-0.2, -0.15) is 13.9 Å². The zero-order valence-corrected chi connectivity index (χ0v) is 20.6. The first kappa shape index (κ1) is 22.8. The average molecular weight is 509 g/mol. The van der Waals surface area contributed by atoms with Crippen LogP contribution < -0.4 is 10.2 Å². The molecule has 36 heavy (non-hydrogen) atoms. The SMILES string of the molecule is CN1C(=O)c2cccc(OC(F)F)c2[C@H]2C[C@@H]1c1nn3ccc(-c4ccc(P(C)(C)=O)nn4)cc3c12. The van der Waals surface area contributed by atoms with Gasteiger partial charge in [0.15, 0.2) is 0 Å². The maximum atomic E-state index is 13.3. The van der Waals surface area contributed by atoms with Crippen molar-refractivity contribution in [3.63, 3.8) is 0 Å². The molecule has 8 nitrogen and oxygen atoms in total. The molecule has 4 aromatic rings. The fourth-order valence-corrected chi connectivity index (χ4v) is 5.98. The zero-order valence-electron chi connectivity index (χ0n) is 19.7. The van der Waals surface area contributed by atoms with Gasteiger partial charge < -0.3 is 14.2 Å². The van der Waals surface area contributed by atoms with E-state index in [0.29, 0.717) is 28.7 Å². The molecule has 0 fully saturated rings. The van der Waals surface area contributed by atoms with E-state index in [9.17, 15) is 18.1 Å². The van der Waals surface area contributed by atoms with Crippen molar-refractivity contribution in [1.82, 2.24) is 24.7 Å². The maximum absolute atomic E-state index is 13.3. The highest BCUT2D eigenvalue weighted by Crippen LogP contribution is 2.53. The first-order valence-corrected chi connectivity index (χ1v) is 14.0. The van der Waals surface area contributed by atoms with Gasteiger partial charge in [-0.05, 0) is 56.1 Å². The van der Waals surface area contributed by atoms with Crippen molar-refractivity contribution in [3.05, 3.63) is 71.0 Å². The standard InChI is InChI=1S/C25H22F2N5O3P/c1-31-18-12-15(21-14(24(31)33)5-4-6-19(21)35-25(26)27)22-17-11-13(9-10-32(17)30-23(18)22)16-7-8-20(29-28-16)36(2,3)34/h4-11,15,18,25H,12H2,1-3H3/t15-,18-/m1/s1. The largest absolute Gasteiger partial charge is 0.434 e. The fraction of sp³-hybridized carbons (Fsp3) is 0.280. The average Bonchev–Trinajstić information content (AvgIpc) is 3.36. The zero-order chi connectivity index (χ0) is 25.4. The molecule has 6 rings (SSSR count). The van der Waals surface area contributed by atoms with Crippen molar-refractivity contribution in [2.45, 2.75) is 25.0 Å². The molecular weight excluding hydrogens is 487 g/mol. The highest BCUT2D eigenvalue weighted by Gasteiger charge is 2.46. The number of aromatic nitrogens is 4. The van der Waals surface area contributed by atoms with Gasteiger partial charge in [-0.25, -0.2) is 4.52 Å². The number of pyridine rings is 1. The van der Waals surface area contributed by atoms with E-state index in [-0.39, 0.29) is 23.6 Å². The number of alkyl halides is 2. The fourth-order valence-electron chi connectivity index (χ4n) is 5.29. The van der Waals surface area contributed by atoms with Crippen molar-refractivity contribution in [1.29, 1.82) is 0 Å².